The number of rotatable bonds is 4. The zero-order valence-corrected chi connectivity index (χ0v) is 8.90. The highest BCUT2D eigenvalue weighted by atomic mass is 16.5. The van der Waals surface area contributed by atoms with Crippen LogP contribution in [0.5, 0.6) is 0 Å². The maximum Gasteiger partial charge on any atom is 0.127 e. The predicted molar refractivity (Wildman–Crippen MR) is 51.1 cm³/mol. The molecular formula is C10H21NO. The lowest BCUT2D eigenvalue weighted by molar-refractivity contribution is -0.0420. The Morgan fingerprint density at radius 1 is 1.42 bits per heavy atom. The Balaban J connectivity index is 2.36. The molecule has 1 aliphatic rings. The summed E-state index contributed by atoms with van der Waals surface area (Å²) < 4.78 is 5.89. The summed E-state index contributed by atoms with van der Waals surface area (Å²) in [5.41, 5.74) is 0.261. The van der Waals surface area contributed by atoms with Crippen LogP contribution >= 0.6 is 0 Å². The molecule has 2 unspecified atom stereocenters. The zero-order chi connectivity index (χ0) is 9.41. The van der Waals surface area contributed by atoms with Gasteiger partial charge in [0.1, 0.15) is 6.23 Å². The van der Waals surface area contributed by atoms with Crippen LogP contribution in [0.25, 0.3) is 0 Å². The summed E-state index contributed by atoms with van der Waals surface area (Å²) in [6.45, 7) is 10.8. The summed E-state index contributed by atoms with van der Waals surface area (Å²) in [6.07, 6.45) is 2.47. The van der Waals surface area contributed by atoms with Crippen LogP contribution < -0.4 is 5.32 Å². The molecule has 0 amide bonds. The molecule has 0 aromatic rings. The molecule has 0 saturated carbocycles. The molecule has 1 rings (SSSR count). The van der Waals surface area contributed by atoms with Crippen molar-refractivity contribution in [1.29, 1.82) is 0 Å². The van der Waals surface area contributed by atoms with Crippen molar-refractivity contribution >= 4 is 0 Å². The molecule has 2 nitrogen and oxygen atoms in total. The molecule has 1 heterocycles. The lowest BCUT2D eigenvalue weighted by atomic mass is 10.1. The van der Waals surface area contributed by atoms with Gasteiger partial charge in [-0.05, 0) is 33.6 Å². The second-order valence-electron chi connectivity index (χ2n) is 4.53. The van der Waals surface area contributed by atoms with Gasteiger partial charge in [0, 0.05) is 0 Å². The minimum absolute atomic E-state index is 0.0184. The molecule has 2 atom stereocenters. The molecule has 1 saturated heterocycles. The highest BCUT2D eigenvalue weighted by Crippen LogP contribution is 2.34. The highest BCUT2D eigenvalue weighted by Gasteiger charge is 2.50. The van der Waals surface area contributed by atoms with Gasteiger partial charge in [-0.3, -0.25) is 5.32 Å². The van der Waals surface area contributed by atoms with Gasteiger partial charge in [-0.1, -0.05) is 13.8 Å². The van der Waals surface area contributed by atoms with Crippen molar-refractivity contribution in [3.05, 3.63) is 0 Å². The van der Waals surface area contributed by atoms with Gasteiger partial charge in [-0.25, -0.2) is 0 Å². The van der Waals surface area contributed by atoms with Gasteiger partial charge >= 0.3 is 0 Å². The second kappa shape index (κ2) is 3.00. The van der Waals surface area contributed by atoms with E-state index < -0.39 is 0 Å². The van der Waals surface area contributed by atoms with Crippen LogP contribution in [-0.2, 0) is 4.74 Å². The van der Waals surface area contributed by atoms with Crippen LogP contribution in [0.3, 0.4) is 0 Å². The minimum atomic E-state index is 0.0184. The number of ether oxygens (including phenoxy) is 1. The summed E-state index contributed by atoms with van der Waals surface area (Å²) in [7, 11) is 0. The third-order valence-electron chi connectivity index (χ3n) is 2.98. The lowest BCUT2D eigenvalue weighted by Crippen LogP contribution is -2.27. The summed E-state index contributed by atoms with van der Waals surface area (Å²) in [5.74, 6) is 0. The van der Waals surface area contributed by atoms with Crippen LogP contribution in [0.15, 0.2) is 0 Å². The van der Waals surface area contributed by atoms with E-state index in [0.717, 1.165) is 12.8 Å². The van der Waals surface area contributed by atoms with E-state index in [-0.39, 0.29) is 17.4 Å². The van der Waals surface area contributed by atoms with E-state index in [1.807, 2.05) is 0 Å². The van der Waals surface area contributed by atoms with Gasteiger partial charge in [0.15, 0.2) is 0 Å². The average Bonchev–Trinajstić information content (AvgIpc) is 2.62. The van der Waals surface area contributed by atoms with Crippen molar-refractivity contribution in [3.8, 4) is 0 Å². The molecule has 0 radical (unpaired) electrons. The normalized spacial score (nSPS) is 35.2. The molecule has 72 valence electrons. The smallest absolute Gasteiger partial charge is 0.127 e. The van der Waals surface area contributed by atoms with E-state index in [9.17, 15) is 0 Å². The van der Waals surface area contributed by atoms with Crippen molar-refractivity contribution in [3.63, 3.8) is 0 Å². The van der Waals surface area contributed by atoms with Crippen LogP contribution in [0, 0.1) is 0 Å². The minimum Gasteiger partial charge on any atom is -0.356 e. The fraction of sp³-hybridized carbons (Fsp3) is 1.00. The Hall–Kier alpha value is -0.0800. The quantitative estimate of drug-likeness (QED) is 0.658. The Bertz CT molecular complexity index is 167. The molecule has 12 heavy (non-hydrogen) atoms. The van der Waals surface area contributed by atoms with E-state index in [4.69, 9.17) is 4.74 Å². The van der Waals surface area contributed by atoms with Crippen molar-refractivity contribution in [2.75, 3.05) is 0 Å². The molecule has 2 heteroatoms. The molecule has 0 aromatic heterocycles. The van der Waals surface area contributed by atoms with Crippen molar-refractivity contribution in [2.45, 2.75) is 64.8 Å². The van der Waals surface area contributed by atoms with Crippen LogP contribution in [0.2, 0.25) is 0 Å². The largest absolute Gasteiger partial charge is 0.356 e. The first-order valence-corrected chi connectivity index (χ1v) is 4.89. The maximum absolute atomic E-state index is 5.89. The molecule has 1 fully saturated rings. The first-order valence-electron chi connectivity index (χ1n) is 4.89. The third kappa shape index (κ3) is 1.99. The Morgan fingerprint density at radius 2 is 2.00 bits per heavy atom. The molecule has 0 spiro atoms. The number of hydrogen-bond donors (Lipinski definition) is 1. The second-order valence-corrected chi connectivity index (χ2v) is 4.53. The number of nitrogens with one attached hydrogen (secondary N) is 1. The summed E-state index contributed by atoms with van der Waals surface area (Å²) >= 11 is 0. The monoisotopic (exact) mass is 171 g/mol. The molecule has 1 N–H and O–H groups in total. The summed E-state index contributed by atoms with van der Waals surface area (Å²) in [6, 6.07) is 0. The van der Waals surface area contributed by atoms with Crippen LogP contribution in [0.4, 0.5) is 0 Å². The SMILES string of the molecule is CCC(C)(C)OC1NC1(C)CC. The van der Waals surface area contributed by atoms with E-state index in [1.54, 1.807) is 0 Å². The first kappa shape index (κ1) is 10.0. The average molecular weight is 171 g/mol. The first-order chi connectivity index (χ1) is 5.43. The van der Waals surface area contributed by atoms with E-state index in [0.29, 0.717) is 0 Å². The van der Waals surface area contributed by atoms with Gasteiger partial charge in [0.05, 0.1) is 11.1 Å². The fourth-order valence-electron chi connectivity index (χ4n) is 1.11. The lowest BCUT2D eigenvalue weighted by Gasteiger charge is -2.23. The van der Waals surface area contributed by atoms with Gasteiger partial charge in [0.2, 0.25) is 0 Å². The standard InChI is InChI=1S/C10H21NO/c1-6-9(3,4)12-8-10(5,7-2)11-8/h8,11H,6-7H2,1-5H3. The molecule has 0 aromatic carbocycles. The fourth-order valence-corrected chi connectivity index (χ4v) is 1.11. The van der Waals surface area contributed by atoms with Crippen molar-refractivity contribution in [2.24, 2.45) is 0 Å². The van der Waals surface area contributed by atoms with Gasteiger partial charge in [-0.15, -0.1) is 0 Å². The van der Waals surface area contributed by atoms with Crippen molar-refractivity contribution < 1.29 is 4.74 Å². The molecule has 1 aliphatic heterocycles. The summed E-state index contributed by atoms with van der Waals surface area (Å²) in [5, 5.41) is 3.36. The Kier molecular flexibility index (Phi) is 2.50. The van der Waals surface area contributed by atoms with Crippen molar-refractivity contribution in [1.82, 2.24) is 5.32 Å². The Morgan fingerprint density at radius 3 is 2.33 bits per heavy atom. The molecule has 0 aliphatic carbocycles. The van der Waals surface area contributed by atoms with Gasteiger partial charge < -0.3 is 4.74 Å². The topological polar surface area (TPSA) is 31.2 Å². The zero-order valence-electron chi connectivity index (χ0n) is 8.90. The van der Waals surface area contributed by atoms with E-state index in [2.05, 4.69) is 39.9 Å². The number of hydrogen-bond acceptors (Lipinski definition) is 2. The molecule has 0 bridgehead atoms. The third-order valence-corrected chi connectivity index (χ3v) is 2.98. The summed E-state index contributed by atoms with van der Waals surface area (Å²) in [4.78, 5) is 0. The van der Waals surface area contributed by atoms with Crippen LogP contribution in [-0.4, -0.2) is 17.4 Å². The van der Waals surface area contributed by atoms with Crippen LogP contribution in [0.1, 0.15) is 47.5 Å². The maximum atomic E-state index is 5.89. The van der Waals surface area contributed by atoms with E-state index >= 15 is 0 Å². The molecular weight excluding hydrogens is 150 g/mol. The highest BCUT2D eigenvalue weighted by molar-refractivity contribution is 5.05. The predicted octanol–water partition coefficient (Wildman–Crippen LogP) is 2.29. The van der Waals surface area contributed by atoms with Gasteiger partial charge in [-0.2, -0.15) is 0 Å². The Labute approximate surface area is 75.7 Å². The van der Waals surface area contributed by atoms with E-state index in [1.165, 1.54) is 0 Å². The van der Waals surface area contributed by atoms with Gasteiger partial charge in [0.25, 0.3) is 0 Å².